The zero-order valence-corrected chi connectivity index (χ0v) is 19.5. The van der Waals surface area contributed by atoms with Crippen molar-refractivity contribution in [1.29, 1.82) is 0 Å². The minimum atomic E-state index is 0.240. The van der Waals surface area contributed by atoms with Gasteiger partial charge in [-0.25, -0.2) is 9.97 Å². The summed E-state index contributed by atoms with van der Waals surface area (Å²) in [5.74, 6) is 2.43. The summed E-state index contributed by atoms with van der Waals surface area (Å²) in [6.07, 6.45) is 7.55. The fraction of sp³-hybridized carbons (Fsp3) is 0.560. The van der Waals surface area contributed by atoms with Gasteiger partial charge >= 0.3 is 0 Å². The van der Waals surface area contributed by atoms with E-state index in [2.05, 4.69) is 33.8 Å². The van der Waals surface area contributed by atoms with Crippen LogP contribution in [0.15, 0.2) is 24.3 Å². The highest BCUT2D eigenvalue weighted by atomic mass is 35.5. The Labute approximate surface area is 190 Å². The van der Waals surface area contributed by atoms with Crippen LogP contribution in [0.2, 0.25) is 5.02 Å². The lowest BCUT2D eigenvalue weighted by atomic mass is 9.88. The van der Waals surface area contributed by atoms with Crippen LogP contribution in [-0.2, 0) is 11.2 Å². The van der Waals surface area contributed by atoms with Gasteiger partial charge in [-0.15, -0.1) is 0 Å². The molecule has 1 aliphatic carbocycles. The van der Waals surface area contributed by atoms with Gasteiger partial charge in [-0.1, -0.05) is 43.0 Å². The maximum Gasteiger partial charge on any atom is 0.225 e. The van der Waals surface area contributed by atoms with E-state index >= 15 is 0 Å². The summed E-state index contributed by atoms with van der Waals surface area (Å²) in [6.45, 7) is 7.39. The number of aryl methyl sites for hydroxylation is 2. The molecule has 1 aliphatic heterocycles. The zero-order chi connectivity index (χ0) is 21.8. The second-order valence-corrected chi connectivity index (χ2v) is 9.40. The van der Waals surface area contributed by atoms with Crippen LogP contribution in [0.25, 0.3) is 0 Å². The highest BCUT2D eigenvalue weighted by Crippen LogP contribution is 2.28. The van der Waals surface area contributed by atoms with Crippen LogP contribution in [0.1, 0.15) is 61.2 Å². The number of amides is 1. The van der Waals surface area contributed by atoms with Crippen molar-refractivity contribution >= 4 is 23.3 Å². The van der Waals surface area contributed by atoms with Crippen LogP contribution in [-0.4, -0.2) is 47.0 Å². The first kappa shape index (κ1) is 22.1. The molecule has 1 aromatic carbocycles. The molecule has 1 aromatic heterocycles. The molecular weight excluding hydrogens is 408 g/mol. The predicted octanol–water partition coefficient (Wildman–Crippen LogP) is 4.96. The summed E-state index contributed by atoms with van der Waals surface area (Å²) in [4.78, 5) is 27.0. The predicted molar refractivity (Wildman–Crippen MR) is 126 cm³/mol. The number of rotatable bonds is 4. The fourth-order valence-corrected chi connectivity index (χ4v) is 5.08. The first-order valence-corrected chi connectivity index (χ1v) is 12.0. The number of hydrogen-bond acceptors (Lipinski definition) is 4. The van der Waals surface area contributed by atoms with E-state index < -0.39 is 0 Å². The number of carbonyl (C=O) groups is 1. The van der Waals surface area contributed by atoms with Crippen LogP contribution < -0.4 is 4.90 Å². The minimum absolute atomic E-state index is 0.240. The van der Waals surface area contributed by atoms with E-state index in [0.717, 1.165) is 74.2 Å². The lowest BCUT2D eigenvalue weighted by Crippen LogP contribution is -2.39. The molecule has 0 unspecified atom stereocenters. The standard InChI is InChI=1S/C25H33ClN4O/c1-18-23(17-20-9-11-22(26)12-10-20)24(28-19(2)27-18)29-13-6-14-30(16-15-29)25(31)21-7-4-3-5-8-21/h9-12,21H,3-8,13-17H2,1-2H3. The summed E-state index contributed by atoms with van der Waals surface area (Å²) in [7, 11) is 0. The van der Waals surface area contributed by atoms with Gasteiger partial charge in [-0.05, 0) is 50.8 Å². The number of halogens is 1. The molecule has 5 nitrogen and oxygen atoms in total. The number of hydrogen-bond donors (Lipinski definition) is 0. The van der Waals surface area contributed by atoms with Gasteiger partial charge in [-0.2, -0.15) is 0 Å². The summed E-state index contributed by atoms with van der Waals surface area (Å²) in [6, 6.07) is 8.00. The molecule has 0 spiro atoms. The molecule has 1 saturated heterocycles. The van der Waals surface area contributed by atoms with Gasteiger partial charge in [-0.3, -0.25) is 4.79 Å². The molecular formula is C25H33ClN4O. The molecule has 4 rings (SSSR count). The van der Waals surface area contributed by atoms with E-state index in [4.69, 9.17) is 16.6 Å². The van der Waals surface area contributed by atoms with Gasteiger partial charge in [0.2, 0.25) is 5.91 Å². The van der Waals surface area contributed by atoms with Crippen molar-refractivity contribution < 1.29 is 4.79 Å². The summed E-state index contributed by atoms with van der Waals surface area (Å²) < 4.78 is 0. The summed E-state index contributed by atoms with van der Waals surface area (Å²) >= 11 is 6.07. The van der Waals surface area contributed by atoms with Gasteiger partial charge in [0.15, 0.2) is 0 Å². The highest BCUT2D eigenvalue weighted by Gasteiger charge is 2.28. The van der Waals surface area contributed by atoms with Crippen molar-refractivity contribution in [2.24, 2.45) is 5.92 Å². The second kappa shape index (κ2) is 9.99. The SMILES string of the molecule is Cc1nc(C)c(Cc2ccc(Cl)cc2)c(N2CCCN(C(=O)C3CCCCC3)CC2)n1. The van der Waals surface area contributed by atoms with Gasteiger partial charge in [0.25, 0.3) is 0 Å². The second-order valence-electron chi connectivity index (χ2n) is 8.96. The third kappa shape index (κ3) is 5.38. The molecule has 31 heavy (non-hydrogen) atoms. The normalized spacial score (nSPS) is 18.2. The Hall–Kier alpha value is -2.14. The Bertz CT molecular complexity index is 908. The lowest BCUT2D eigenvalue weighted by molar-refractivity contribution is -0.136. The monoisotopic (exact) mass is 440 g/mol. The minimum Gasteiger partial charge on any atom is -0.354 e. The Balaban J connectivity index is 1.52. The lowest BCUT2D eigenvalue weighted by Gasteiger charge is -2.29. The first-order valence-electron chi connectivity index (χ1n) is 11.6. The largest absolute Gasteiger partial charge is 0.354 e. The Kier molecular flexibility index (Phi) is 7.11. The number of benzene rings is 1. The molecule has 1 saturated carbocycles. The van der Waals surface area contributed by atoms with Gasteiger partial charge in [0.05, 0.1) is 0 Å². The Morgan fingerprint density at radius 3 is 2.45 bits per heavy atom. The number of nitrogens with zero attached hydrogens (tertiary/aromatic N) is 4. The molecule has 6 heteroatoms. The van der Waals surface area contributed by atoms with Crippen molar-refractivity contribution in [3.05, 3.63) is 51.9 Å². The third-order valence-corrected chi connectivity index (χ3v) is 6.91. The molecule has 2 aromatic rings. The van der Waals surface area contributed by atoms with E-state index in [9.17, 15) is 4.79 Å². The smallest absolute Gasteiger partial charge is 0.225 e. The van der Waals surface area contributed by atoms with Crippen LogP contribution in [0.3, 0.4) is 0 Å². The van der Waals surface area contributed by atoms with Crippen molar-refractivity contribution in [2.75, 3.05) is 31.1 Å². The summed E-state index contributed by atoms with van der Waals surface area (Å²) in [5, 5.41) is 0.746. The molecule has 2 aliphatic rings. The van der Waals surface area contributed by atoms with Crippen molar-refractivity contribution in [2.45, 2.75) is 58.8 Å². The maximum atomic E-state index is 13.1. The van der Waals surface area contributed by atoms with Crippen LogP contribution in [0, 0.1) is 19.8 Å². The molecule has 2 heterocycles. The topological polar surface area (TPSA) is 49.3 Å². The number of anilines is 1. The molecule has 166 valence electrons. The van der Waals surface area contributed by atoms with E-state index in [1.807, 2.05) is 19.1 Å². The molecule has 0 atom stereocenters. The zero-order valence-electron chi connectivity index (χ0n) is 18.7. The Morgan fingerprint density at radius 2 is 1.71 bits per heavy atom. The molecule has 0 bridgehead atoms. The van der Waals surface area contributed by atoms with Crippen LogP contribution in [0.5, 0.6) is 0 Å². The highest BCUT2D eigenvalue weighted by molar-refractivity contribution is 6.30. The third-order valence-electron chi connectivity index (χ3n) is 6.66. The van der Waals surface area contributed by atoms with E-state index in [1.54, 1.807) is 0 Å². The molecule has 2 fully saturated rings. The van der Waals surface area contributed by atoms with E-state index in [-0.39, 0.29) is 5.92 Å². The van der Waals surface area contributed by atoms with Gasteiger partial charge in [0, 0.05) is 54.8 Å². The van der Waals surface area contributed by atoms with Crippen molar-refractivity contribution in [1.82, 2.24) is 14.9 Å². The average Bonchev–Trinajstić information content (AvgIpc) is 3.03. The first-order chi connectivity index (χ1) is 15.0. The van der Waals surface area contributed by atoms with Gasteiger partial charge in [0.1, 0.15) is 11.6 Å². The molecule has 1 amide bonds. The molecule has 0 radical (unpaired) electrons. The average molecular weight is 441 g/mol. The number of carbonyl (C=O) groups excluding carboxylic acids is 1. The van der Waals surface area contributed by atoms with E-state index in [1.165, 1.54) is 30.4 Å². The summed E-state index contributed by atoms with van der Waals surface area (Å²) in [5.41, 5.74) is 3.39. The quantitative estimate of drug-likeness (QED) is 0.674. The number of aromatic nitrogens is 2. The fourth-order valence-electron chi connectivity index (χ4n) is 4.95. The van der Waals surface area contributed by atoms with Crippen molar-refractivity contribution in [3.63, 3.8) is 0 Å². The Morgan fingerprint density at radius 1 is 0.968 bits per heavy atom. The van der Waals surface area contributed by atoms with E-state index in [0.29, 0.717) is 5.91 Å². The molecule has 0 N–H and O–H groups in total. The van der Waals surface area contributed by atoms with Crippen LogP contribution in [0.4, 0.5) is 5.82 Å². The maximum absolute atomic E-state index is 13.1. The van der Waals surface area contributed by atoms with Crippen molar-refractivity contribution in [3.8, 4) is 0 Å². The van der Waals surface area contributed by atoms with Crippen LogP contribution >= 0.6 is 11.6 Å². The van der Waals surface area contributed by atoms with Gasteiger partial charge < -0.3 is 9.80 Å².